The van der Waals surface area contributed by atoms with Gasteiger partial charge in [-0.2, -0.15) is 0 Å². The Morgan fingerprint density at radius 2 is 0.714 bits per heavy atom. The molecule has 0 fully saturated rings. The molecule has 4 radical (unpaired) electrons. The van der Waals surface area contributed by atoms with E-state index in [-0.39, 0.29) is 123 Å². The molecule has 0 aliphatic carbocycles. The Labute approximate surface area is 133 Å². The zero-order valence-electron chi connectivity index (χ0n) is 3.59. The van der Waals surface area contributed by atoms with Gasteiger partial charge in [-0.1, -0.05) is 0 Å². The van der Waals surface area contributed by atoms with Gasteiger partial charge in [-0.3, -0.25) is 0 Å². The molecule has 0 saturated heterocycles. The van der Waals surface area contributed by atoms with Gasteiger partial charge in [-0.15, -0.1) is 0 Å². The molecule has 6 heteroatoms. The quantitative estimate of drug-likeness (QED) is 0.194. The van der Waals surface area contributed by atoms with Crippen molar-refractivity contribution in [2.45, 2.75) is 0 Å². The predicted octanol–water partition coefficient (Wildman–Crippen LogP) is -12.8. The summed E-state index contributed by atoms with van der Waals surface area (Å²) < 4.78 is 0. The third-order valence-corrected chi connectivity index (χ3v) is 0. The fourth-order valence-electron chi connectivity index (χ4n) is 0. The maximum absolute atomic E-state index is 4.50. The number of nitrogens with two attached hydrogens (primary N) is 1. The van der Waals surface area contributed by atoms with E-state index in [1.54, 1.807) is 0 Å². The maximum atomic E-state index is 4.50. The normalized spacial score (nSPS) is 0.857. The zero-order chi connectivity index (χ0) is 2.00. The molecule has 0 saturated carbocycles. The molecule has 0 amide bonds. The van der Waals surface area contributed by atoms with Gasteiger partial charge in [0.15, 0.2) is 0 Å². The largest absolute Gasteiger partial charge is 1.00 e. The van der Waals surface area contributed by atoms with Crippen LogP contribution in [0.25, 0.3) is 0 Å². The van der Waals surface area contributed by atoms with E-state index in [4.69, 9.17) is 0 Å². The fraction of sp³-hybridized carbons (Fsp3) is 1.00. The Morgan fingerprint density at radius 1 is 0.714 bits per heavy atom. The Bertz CT molecular complexity index is 11.7. The monoisotopic (exact) mass is 747 g/mol. The van der Waals surface area contributed by atoms with Gasteiger partial charge in [0.25, 0.3) is 0 Å². The van der Waals surface area contributed by atoms with Gasteiger partial charge in [0.05, 0.1) is 0 Å². The number of hydrogen-bond acceptors (Lipinski definition) is 1. The van der Waals surface area contributed by atoms with Crippen LogP contribution in [0.4, 0.5) is 0 Å². The number of hydrogen-bond donors (Lipinski definition) is 1. The summed E-state index contributed by atoms with van der Waals surface area (Å²) in [4.78, 5) is 0. The molecular weight excluding hydrogens is 741 g/mol. The molecule has 0 aromatic heterocycles. The molecule has 0 bridgehead atoms. The van der Waals surface area contributed by atoms with E-state index in [9.17, 15) is 0 Å². The van der Waals surface area contributed by atoms with Gasteiger partial charge in [-0.25, -0.2) is 0 Å². The molecule has 0 aliphatic rings. The molecule has 7 heavy (non-hydrogen) atoms. The fourth-order valence-corrected chi connectivity index (χ4v) is 0. The second-order valence-electron chi connectivity index (χ2n) is 0. The number of halogens is 4. The van der Waals surface area contributed by atoms with Crippen LogP contribution in [0.3, 0.4) is 0 Å². The van der Waals surface area contributed by atoms with E-state index in [0.29, 0.717) is 0 Å². The van der Waals surface area contributed by atoms with Crippen molar-refractivity contribution in [3.05, 3.63) is 0 Å². The van der Waals surface area contributed by atoms with Gasteiger partial charge < -0.3 is 102 Å². The first-order chi connectivity index (χ1) is 1.00. The summed E-state index contributed by atoms with van der Waals surface area (Å²) in [5.74, 6) is 0. The molecular formula is CH5I4NPb-4. The molecule has 0 aromatic carbocycles. The Balaban J connectivity index is -0.000000000500. The van der Waals surface area contributed by atoms with Crippen LogP contribution in [-0.2, 0) is 0 Å². The molecule has 0 aromatic rings. The topological polar surface area (TPSA) is 26.0 Å². The van der Waals surface area contributed by atoms with E-state index >= 15 is 0 Å². The minimum absolute atomic E-state index is 0. The molecule has 0 atom stereocenters. The first-order valence-electron chi connectivity index (χ1n) is 0.577. The molecule has 0 spiro atoms. The SMILES string of the molecule is CN.[I-].[I-].[I-].[I-].[Pb]. The van der Waals surface area contributed by atoms with Crippen molar-refractivity contribution >= 4 is 27.3 Å². The average Bonchev–Trinajstić information content (AvgIpc) is 1.00. The van der Waals surface area contributed by atoms with E-state index in [0.717, 1.165) is 0 Å². The van der Waals surface area contributed by atoms with Crippen molar-refractivity contribution < 1.29 is 95.9 Å². The first-order valence-corrected chi connectivity index (χ1v) is 0.577. The summed E-state index contributed by atoms with van der Waals surface area (Å²) in [6.45, 7) is 0. The van der Waals surface area contributed by atoms with E-state index in [2.05, 4.69) is 5.73 Å². The standard InChI is InChI=1S/CH5N.4HI.Pb/c1-2;;;;;/h2H2,1H3;4*1H;/p-4. The van der Waals surface area contributed by atoms with E-state index in [1.165, 1.54) is 7.05 Å². The molecule has 0 rings (SSSR count). The molecule has 50 valence electrons. The Kier molecular flexibility index (Phi) is 338. The zero-order valence-corrected chi connectivity index (χ0v) is 16.1. The summed E-state index contributed by atoms with van der Waals surface area (Å²) in [7, 11) is 1.50. The van der Waals surface area contributed by atoms with Crippen molar-refractivity contribution in [1.82, 2.24) is 0 Å². The summed E-state index contributed by atoms with van der Waals surface area (Å²) in [5, 5.41) is 0. The smallest absolute Gasteiger partial charge is 0 e. The van der Waals surface area contributed by atoms with Gasteiger partial charge in [0.2, 0.25) is 0 Å². The second kappa shape index (κ2) is 52.5. The van der Waals surface area contributed by atoms with Crippen LogP contribution in [0.15, 0.2) is 0 Å². The van der Waals surface area contributed by atoms with Crippen molar-refractivity contribution in [2.24, 2.45) is 5.73 Å². The van der Waals surface area contributed by atoms with Crippen LogP contribution in [0.5, 0.6) is 0 Å². The average molecular weight is 746 g/mol. The van der Waals surface area contributed by atoms with Gasteiger partial charge >= 0.3 is 0 Å². The van der Waals surface area contributed by atoms with E-state index < -0.39 is 0 Å². The van der Waals surface area contributed by atoms with Crippen molar-refractivity contribution in [3.8, 4) is 0 Å². The first kappa shape index (κ1) is 45.0. The molecule has 1 nitrogen and oxygen atoms in total. The third kappa shape index (κ3) is 41.3. The van der Waals surface area contributed by atoms with Crippen molar-refractivity contribution in [2.75, 3.05) is 7.05 Å². The summed E-state index contributed by atoms with van der Waals surface area (Å²) >= 11 is 0. The minimum Gasteiger partial charge on any atom is -1.00 e. The van der Waals surface area contributed by atoms with Crippen LogP contribution >= 0.6 is 0 Å². The summed E-state index contributed by atoms with van der Waals surface area (Å²) in [6, 6.07) is 0. The maximum Gasteiger partial charge on any atom is 0 e. The van der Waals surface area contributed by atoms with Crippen LogP contribution < -0.4 is 102 Å². The third-order valence-electron chi connectivity index (χ3n) is 0. The Morgan fingerprint density at radius 3 is 0.714 bits per heavy atom. The summed E-state index contributed by atoms with van der Waals surface area (Å²) in [5.41, 5.74) is 4.50. The minimum atomic E-state index is 0. The molecule has 2 N–H and O–H groups in total. The number of rotatable bonds is 0. The van der Waals surface area contributed by atoms with Gasteiger partial charge in [0, 0.05) is 27.3 Å². The predicted molar refractivity (Wildman–Crippen MR) is 15.9 cm³/mol. The van der Waals surface area contributed by atoms with Crippen LogP contribution in [0.2, 0.25) is 0 Å². The van der Waals surface area contributed by atoms with Crippen molar-refractivity contribution in [1.29, 1.82) is 0 Å². The molecule has 0 aliphatic heterocycles. The van der Waals surface area contributed by atoms with Crippen LogP contribution in [-0.4, -0.2) is 34.3 Å². The van der Waals surface area contributed by atoms with E-state index in [1.807, 2.05) is 0 Å². The van der Waals surface area contributed by atoms with Crippen LogP contribution in [0.1, 0.15) is 0 Å². The molecule has 0 unspecified atom stereocenters. The second-order valence-corrected chi connectivity index (χ2v) is 0. The Hall–Kier alpha value is 3.80. The molecule has 0 heterocycles. The van der Waals surface area contributed by atoms with Gasteiger partial charge in [0.1, 0.15) is 0 Å². The van der Waals surface area contributed by atoms with Gasteiger partial charge in [-0.05, 0) is 7.05 Å². The van der Waals surface area contributed by atoms with Crippen LogP contribution in [0, 0.1) is 0 Å². The summed E-state index contributed by atoms with van der Waals surface area (Å²) in [6.07, 6.45) is 0. The van der Waals surface area contributed by atoms with Crippen molar-refractivity contribution in [3.63, 3.8) is 0 Å².